The summed E-state index contributed by atoms with van der Waals surface area (Å²) in [4.78, 5) is 59.7. The third-order valence-corrected chi connectivity index (χ3v) is 13.7. The molecule has 5 heterocycles. The van der Waals surface area contributed by atoms with Crippen LogP contribution in [0, 0.1) is 16.7 Å². The van der Waals surface area contributed by atoms with E-state index in [2.05, 4.69) is 58.1 Å². The van der Waals surface area contributed by atoms with Gasteiger partial charge in [-0.15, -0.1) is 0 Å². The number of nitrogens with zero attached hydrogens (tertiary/aromatic N) is 4. The number of pyridine rings is 2. The number of benzene rings is 2. The maximum absolute atomic E-state index is 13.0. The van der Waals surface area contributed by atoms with Gasteiger partial charge in [-0.25, -0.2) is 4.98 Å². The Morgan fingerprint density at radius 2 is 1.57 bits per heavy atom. The number of amides is 4. The number of carbonyl (C=O) groups is 4. The van der Waals surface area contributed by atoms with Crippen LogP contribution in [0.15, 0.2) is 73.2 Å². The van der Waals surface area contributed by atoms with Crippen LogP contribution in [0.5, 0.6) is 11.6 Å². The molecular formula is C46H47N5O9. The molecule has 1 saturated heterocycles. The van der Waals surface area contributed by atoms with Crippen LogP contribution in [-0.2, 0) is 30.8 Å². The van der Waals surface area contributed by atoms with Gasteiger partial charge in [-0.05, 0) is 78.0 Å². The van der Waals surface area contributed by atoms with Gasteiger partial charge in [0.15, 0.2) is 0 Å². The molecule has 2 aromatic carbocycles. The van der Waals surface area contributed by atoms with Gasteiger partial charge in [0.25, 0.3) is 11.8 Å². The van der Waals surface area contributed by atoms with Gasteiger partial charge in [-0.3, -0.25) is 34.4 Å². The zero-order chi connectivity index (χ0) is 41.2. The van der Waals surface area contributed by atoms with Gasteiger partial charge in [-0.1, -0.05) is 19.1 Å². The quantitative estimate of drug-likeness (QED) is 0.0970. The number of aromatic nitrogens is 3. The maximum Gasteiger partial charge on any atom is 0.262 e. The molecule has 310 valence electrons. The summed E-state index contributed by atoms with van der Waals surface area (Å²) < 4.78 is 32.3. The Bertz CT molecular complexity index is 2520. The van der Waals surface area contributed by atoms with E-state index in [1.165, 1.54) is 17.5 Å². The molecule has 2 aliphatic heterocycles. The van der Waals surface area contributed by atoms with Gasteiger partial charge < -0.3 is 28.3 Å². The minimum atomic E-state index is -1.01. The van der Waals surface area contributed by atoms with E-state index in [9.17, 15) is 19.2 Å². The topological polar surface area (TPSA) is 160 Å². The van der Waals surface area contributed by atoms with Crippen LogP contribution >= 0.6 is 0 Å². The molecule has 14 nitrogen and oxygen atoms in total. The van der Waals surface area contributed by atoms with E-state index in [1.54, 1.807) is 6.07 Å². The monoisotopic (exact) mass is 813 g/mol. The molecular weight excluding hydrogens is 767 g/mol. The summed E-state index contributed by atoms with van der Waals surface area (Å²) in [6.07, 6.45) is 10.2. The molecule has 60 heavy (non-hydrogen) atoms. The summed E-state index contributed by atoms with van der Waals surface area (Å²) in [5.41, 5.74) is 5.36. The molecule has 4 aliphatic carbocycles. The lowest BCUT2D eigenvalue weighted by atomic mass is 9.30. The second-order valence-electron chi connectivity index (χ2n) is 17.2. The third-order valence-electron chi connectivity index (χ3n) is 13.7. The van der Waals surface area contributed by atoms with Crippen molar-refractivity contribution in [1.82, 2.24) is 24.8 Å². The average Bonchev–Trinajstić information content (AvgIpc) is 3.65. The Hall–Kier alpha value is -5.70. The molecule has 1 N–H and O–H groups in total. The summed E-state index contributed by atoms with van der Waals surface area (Å²) in [5.74, 6) is -0.552. The SMILES string of the molecule is C[C@@H]1C2(COCCOCCOc3ccc4c(c3)C(=O)N(C3CCC(=O)NC3=O)C4=O)CC1(CO[C@H]1C[C@H](Oc3ccc(-c4ccc5c6cnccc6n(C)c5c4)cn3)C1)C2. The molecule has 5 fully saturated rings. The second kappa shape index (κ2) is 15.1. The minimum Gasteiger partial charge on any atom is -0.491 e. The minimum absolute atomic E-state index is 0.0701. The largest absolute Gasteiger partial charge is 0.491 e. The first-order valence-corrected chi connectivity index (χ1v) is 20.8. The van der Waals surface area contributed by atoms with Crippen molar-refractivity contribution in [3.8, 4) is 22.8 Å². The molecule has 4 amide bonds. The Morgan fingerprint density at radius 3 is 2.37 bits per heavy atom. The smallest absolute Gasteiger partial charge is 0.262 e. The summed E-state index contributed by atoms with van der Waals surface area (Å²) in [6, 6.07) is 16.2. The number of hydrogen-bond donors (Lipinski definition) is 1. The summed E-state index contributed by atoms with van der Waals surface area (Å²) in [6.45, 7) is 5.33. The average molecular weight is 814 g/mol. The van der Waals surface area contributed by atoms with Gasteiger partial charge in [0.1, 0.15) is 24.5 Å². The zero-order valence-corrected chi connectivity index (χ0v) is 33.7. The fraction of sp³-hybridized carbons (Fsp3) is 0.435. The predicted octanol–water partition coefficient (Wildman–Crippen LogP) is 5.64. The number of carbonyl (C=O) groups excluding carboxylic acids is 4. The van der Waals surface area contributed by atoms with Gasteiger partial charge >= 0.3 is 0 Å². The van der Waals surface area contributed by atoms with Crippen LogP contribution in [0.1, 0.15) is 66.2 Å². The molecule has 4 saturated carbocycles. The van der Waals surface area contributed by atoms with Crippen LogP contribution < -0.4 is 14.8 Å². The van der Waals surface area contributed by atoms with Crippen LogP contribution in [0.2, 0.25) is 0 Å². The van der Waals surface area contributed by atoms with E-state index in [0.717, 1.165) is 64.7 Å². The Kier molecular flexibility index (Phi) is 9.68. The van der Waals surface area contributed by atoms with Crippen LogP contribution in [-0.4, -0.2) is 101 Å². The summed E-state index contributed by atoms with van der Waals surface area (Å²) in [5, 5.41) is 4.55. The van der Waals surface area contributed by atoms with Crippen molar-refractivity contribution in [1.29, 1.82) is 0 Å². The molecule has 0 radical (unpaired) electrons. The number of imide groups is 2. The maximum atomic E-state index is 13.0. The van der Waals surface area contributed by atoms with E-state index < -0.39 is 29.7 Å². The highest BCUT2D eigenvalue weighted by molar-refractivity contribution is 6.23. The number of ether oxygens (including phenoxy) is 5. The fourth-order valence-electron chi connectivity index (χ4n) is 10.1. The van der Waals surface area contributed by atoms with Crippen molar-refractivity contribution < 1.29 is 42.9 Å². The van der Waals surface area contributed by atoms with E-state index in [-0.39, 0.29) is 53.6 Å². The second-order valence-corrected chi connectivity index (χ2v) is 17.2. The Labute approximate surface area is 346 Å². The normalized spacial score (nSPS) is 26.7. The van der Waals surface area contributed by atoms with Crippen molar-refractivity contribution in [3.63, 3.8) is 0 Å². The number of rotatable bonds is 16. The van der Waals surface area contributed by atoms with Gasteiger partial charge in [-0.2, -0.15) is 0 Å². The molecule has 3 aromatic heterocycles. The van der Waals surface area contributed by atoms with Crippen molar-refractivity contribution >= 4 is 45.4 Å². The number of piperidine rings is 1. The predicted molar refractivity (Wildman–Crippen MR) is 218 cm³/mol. The summed E-state index contributed by atoms with van der Waals surface area (Å²) in [7, 11) is 2.09. The first-order valence-electron chi connectivity index (χ1n) is 20.8. The third kappa shape index (κ3) is 6.61. The Balaban J connectivity index is 0.596. The highest BCUT2D eigenvalue weighted by Crippen LogP contribution is 2.77. The highest BCUT2D eigenvalue weighted by Gasteiger charge is 2.73. The fourth-order valence-corrected chi connectivity index (χ4v) is 10.1. The first-order chi connectivity index (χ1) is 29.1. The van der Waals surface area contributed by atoms with Gasteiger partial charge in [0, 0.05) is 72.8 Å². The van der Waals surface area contributed by atoms with Crippen molar-refractivity contribution in [2.24, 2.45) is 23.8 Å². The lowest BCUT2D eigenvalue weighted by Crippen LogP contribution is -2.72. The van der Waals surface area contributed by atoms with Gasteiger partial charge in [0.2, 0.25) is 17.7 Å². The molecule has 1 unspecified atom stereocenters. The van der Waals surface area contributed by atoms with Crippen molar-refractivity contribution in [2.75, 3.05) is 39.6 Å². The van der Waals surface area contributed by atoms with Gasteiger partial charge in [0.05, 0.1) is 55.8 Å². The first kappa shape index (κ1) is 38.5. The van der Waals surface area contributed by atoms with E-state index in [4.69, 9.17) is 23.7 Å². The molecule has 6 aliphatic rings. The number of hydrogen-bond acceptors (Lipinski definition) is 11. The molecule has 11 rings (SSSR count). The number of fused-ring (bicyclic) bond motifs is 4. The van der Waals surface area contributed by atoms with Crippen molar-refractivity contribution in [2.45, 2.75) is 63.7 Å². The molecule has 14 heteroatoms. The lowest BCUT2D eigenvalue weighted by Gasteiger charge is -2.76. The zero-order valence-electron chi connectivity index (χ0n) is 33.7. The lowest BCUT2D eigenvalue weighted by molar-refractivity contribution is -0.314. The van der Waals surface area contributed by atoms with Crippen LogP contribution in [0.4, 0.5) is 0 Å². The summed E-state index contributed by atoms with van der Waals surface area (Å²) >= 11 is 0. The molecule has 0 spiro atoms. The molecule has 5 aromatic rings. The van der Waals surface area contributed by atoms with E-state index in [1.807, 2.05) is 30.7 Å². The van der Waals surface area contributed by atoms with Crippen LogP contribution in [0.3, 0.4) is 0 Å². The van der Waals surface area contributed by atoms with E-state index >= 15 is 0 Å². The molecule has 2 atom stereocenters. The standard InChI is InChI=1S/C46H47N5O9/c1-27-45(25-57-14-13-56-15-16-58-30-5-7-34-35(20-30)44(55)51(43(34)54)38-8-9-40(52)49-42(38)53)23-46(27,24-45)26-59-31-18-32(19-31)60-41-10-4-29(21-48-41)28-3-6-33-36-22-47-12-11-37(36)50(2)39(33)17-28/h3-7,10-12,17,20-22,27,31-32,38H,8-9,13-16,18-19,23-26H2,1-2H3,(H,49,52,53)/t27-,31-,32-,38?,45?,46?/m1/s1. The Morgan fingerprint density at radius 1 is 0.783 bits per heavy atom. The van der Waals surface area contributed by atoms with Crippen LogP contribution in [0.25, 0.3) is 32.9 Å². The number of aryl methyl sites for hydroxylation is 1. The number of nitrogens with one attached hydrogen (secondary N) is 1. The van der Waals surface area contributed by atoms with E-state index in [0.29, 0.717) is 44.0 Å². The highest BCUT2D eigenvalue weighted by atomic mass is 16.5. The van der Waals surface area contributed by atoms with Crippen molar-refractivity contribution in [3.05, 3.63) is 84.3 Å². The molecule has 2 bridgehead atoms.